The molecule has 1 unspecified atom stereocenters. The van der Waals surface area contributed by atoms with Crippen LogP contribution in [-0.2, 0) is 14.3 Å². The summed E-state index contributed by atoms with van der Waals surface area (Å²) in [6, 6.07) is 7.35. The predicted octanol–water partition coefficient (Wildman–Crippen LogP) is 5.78. The maximum absolute atomic E-state index is 12.1. The van der Waals surface area contributed by atoms with Crippen LogP contribution in [0, 0.1) is 5.92 Å². The Morgan fingerprint density at radius 1 is 0.938 bits per heavy atom. The Bertz CT molecular complexity index is 587. The molecule has 0 aliphatic rings. The topological polar surface area (TPSA) is 65.1 Å². The third-order valence-electron chi connectivity index (χ3n) is 4.25. The smallest absolute Gasteiger partial charge is 0.305 e. The van der Waals surface area contributed by atoms with Crippen molar-refractivity contribution in [3.63, 3.8) is 0 Å². The minimum Gasteiger partial charge on any atom is -0.493 e. The van der Waals surface area contributed by atoms with Gasteiger partial charge in [-0.2, -0.15) is 0 Å². The van der Waals surface area contributed by atoms with E-state index in [1.54, 1.807) is 6.07 Å². The van der Waals surface area contributed by atoms with Crippen LogP contribution in [0.15, 0.2) is 24.3 Å². The van der Waals surface area contributed by atoms with Gasteiger partial charge in [0.15, 0.2) is 5.78 Å². The molecule has 6 nitrogen and oxygen atoms in total. The second-order valence-electron chi connectivity index (χ2n) is 7.81. The molecule has 0 bridgehead atoms. The molecule has 0 fully saturated rings. The van der Waals surface area contributed by atoms with E-state index in [0.717, 1.165) is 18.6 Å². The van der Waals surface area contributed by atoms with Gasteiger partial charge in [-0.1, -0.05) is 59.4 Å². The summed E-state index contributed by atoms with van der Waals surface area (Å²) in [5.41, 5.74) is 0. The number of ketones is 1. The lowest BCUT2D eigenvalue weighted by Gasteiger charge is -2.13. The van der Waals surface area contributed by atoms with Crippen molar-refractivity contribution in [1.82, 2.24) is 4.90 Å². The molecule has 0 radical (unpaired) electrons. The molecule has 1 aromatic carbocycles. The van der Waals surface area contributed by atoms with Crippen LogP contribution in [0.5, 0.6) is 11.5 Å². The summed E-state index contributed by atoms with van der Waals surface area (Å²) in [7, 11) is 7.36. The molecular weight excluding hydrogens is 406 g/mol. The third kappa shape index (κ3) is 19.9. The van der Waals surface area contributed by atoms with Gasteiger partial charge in [-0.15, -0.1) is 0 Å². The van der Waals surface area contributed by atoms with Crippen molar-refractivity contribution < 1.29 is 23.8 Å². The van der Waals surface area contributed by atoms with Gasteiger partial charge in [0.05, 0.1) is 13.7 Å². The van der Waals surface area contributed by atoms with Crippen LogP contribution in [0.3, 0.4) is 0 Å². The average molecular weight is 454 g/mol. The van der Waals surface area contributed by atoms with E-state index in [0.29, 0.717) is 18.8 Å². The first-order chi connectivity index (χ1) is 15.3. The highest BCUT2D eigenvalue weighted by Crippen LogP contribution is 2.20. The Hall–Kier alpha value is -2.08. The summed E-state index contributed by atoms with van der Waals surface area (Å²) in [5.74, 6) is 1.06. The van der Waals surface area contributed by atoms with Crippen LogP contribution in [0.1, 0.15) is 72.6 Å². The van der Waals surface area contributed by atoms with Crippen LogP contribution in [0.2, 0.25) is 0 Å². The summed E-state index contributed by atoms with van der Waals surface area (Å²) >= 11 is 0. The number of hydrogen-bond acceptors (Lipinski definition) is 6. The molecule has 32 heavy (non-hydrogen) atoms. The molecule has 186 valence electrons. The van der Waals surface area contributed by atoms with Gasteiger partial charge in [0.25, 0.3) is 0 Å². The lowest BCUT2D eigenvalue weighted by molar-refractivity contribution is -0.141. The van der Waals surface area contributed by atoms with Crippen LogP contribution in [-0.4, -0.2) is 58.1 Å². The molecule has 1 aromatic rings. The summed E-state index contributed by atoms with van der Waals surface area (Å²) in [4.78, 5) is 25.4. The number of unbranched alkanes of at least 4 members (excludes halogenated alkanes) is 3. The molecule has 0 saturated heterocycles. The first-order valence-electron chi connectivity index (χ1n) is 11.9. The normalized spacial score (nSPS) is 10.8. The van der Waals surface area contributed by atoms with E-state index in [9.17, 15) is 9.59 Å². The molecule has 6 heteroatoms. The van der Waals surface area contributed by atoms with Gasteiger partial charge < -0.3 is 19.1 Å². The lowest BCUT2D eigenvalue weighted by atomic mass is 9.96. The average Bonchev–Trinajstić information content (AvgIpc) is 2.78. The zero-order valence-electron chi connectivity index (χ0n) is 21.7. The van der Waals surface area contributed by atoms with Gasteiger partial charge in [0.2, 0.25) is 0 Å². The highest BCUT2D eigenvalue weighted by molar-refractivity contribution is 5.81. The first kappa shape index (κ1) is 32.1. The van der Waals surface area contributed by atoms with E-state index in [-0.39, 0.29) is 30.7 Å². The quantitative estimate of drug-likeness (QED) is 0.263. The van der Waals surface area contributed by atoms with E-state index in [4.69, 9.17) is 9.47 Å². The Morgan fingerprint density at radius 2 is 1.53 bits per heavy atom. The molecule has 0 heterocycles. The highest BCUT2D eigenvalue weighted by atomic mass is 16.5. The van der Waals surface area contributed by atoms with E-state index in [2.05, 4.69) is 11.7 Å². The Labute approximate surface area is 196 Å². The van der Waals surface area contributed by atoms with Crippen LogP contribution in [0.4, 0.5) is 0 Å². The number of methoxy groups -OCH3 is 1. The fraction of sp³-hybridized carbons (Fsp3) is 0.692. The molecule has 0 spiro atoms. The SMILES string of the molecule is CC.CCCCCCOc1cccc(OCC(=O)CC(CC)CC(=O)OC)c1.CN(C)C. The molecule has 0 N–H and O–H groups in total. The van der Waals surface area contributed by atoms with Gasteiger partial charge in [0.1, 0.15) is 18.1 Å². The van der Waals surface area contributed by atoms with Gasteiger partial charge in [-0.3, -0.25) is 9.59 Å². The van der Waals surface area contributed by atoms with E-state index < -0.39 is 0 Å². The fourth-order valence-electron chi connectivity index (χ4n) is 2.60. The maximum atomic E-state index is 12.1. The Balaban J connectivity index is 0. The molecule has 1 rings (SSSR count). The van der Waals surface area contributed by atoms with Crippen molar-refractivity contribution in [1.29, 1.82) is 0 Å². The number of nitrogens with zero attached hydrogens (tertiary/aromatic N) is 1. The molecular formula is C26H47NO5. The van der Waals surface area contributed by atoms with Gasteiger partial charge >= 0.3 is 5.97 Å². The molecule has 0 aromatic heterocycles. The second kappa shape index (κ2) is 22.1. The van der Waals surface area contributed by atoms with Crippen molar-refractivity contribution in [3.05, 3.63) is 24.3 Å². The van der Waals surface area contributed by atoms with E-state index in [1.807, 2.05) is 65.0 Å². The number of hydrogen-bond donors (Lipinski definition) is 0. The largest absolute Gasteiger partial charge is 0.493 e. The zero-order chi connectivity index (χ0) is 24.8. The maximum Gasteiger partial charge on any atom is 0.305 e. The zero-order valence-corrected chi connectivity index (χ0v) is 21.7. The summed E-state index contributed by atoms with van der Waals surface area (Å²) in [6.45, 7) is 8.83. The van der Waals surface area contributed by atoms with E-state index in [1.165, 1.54) is 26.4 Å². The monoisotopic (exact) mass is 453 g/mol. The number of benzene rings is 1. The van der Waals surface area contributed by atoms with Crippen molar-refractivity contribution in [3.8, 4) is 11.5 Å². The molecule has 0 amide bonds. The Morgan fingerprint density at radius 3 is 2.06 bits per heavy atom. The predicted molar refractivity (Wildman–Crippen MR) is 133 cm³/mol. The van der Waals surface area contributed by atoms with Gasteiger partial charge in [0, 0.05) is 18.9 Å². The lowest BCUT2D eigenvalue weighted by Crippen LogP contribution is -2.18. The minimum atomic E-state index is -0.283. The van der Waals surface area contributed by atoms with Crippen LogP contribution in [0.25, 0.3) is 0 Å². The number of esters is 1. The second-order valence-corrected chi connectivity index (χ2v) is 7.81. The van der Waals surface area contributed by atoms with Crippen molar-refractivity contribution >= 4 is 11.8 Å². The molecule has 0 aliphatic carbocycles. The summed E-state index contributed by atoms with van der Waals surface area (Å²) < 4.78 is 16.0. The molecule has 0 aliphatic heterocycles. The number of rotatable bonds is 14. The number of ether oxygens (including phenoxy) is 3. The van der Waals surface area contributed by atoms with Crippen LogP contribution >= 0.6 is 0 Å². The van der Waals surface area contributed by atoms with Crippen molar-refractivity contribution in [2.75, 3.05) is 41.5 Å². The highest BCUT2D eigenvalue weighted by Gasteiger charge is 2.17. The molecule has 0 saturated carbocycles. The Kier molecular flexibility index (Phi) is 22.2. The first-order valence-corrected chi connectivity index (χ1v) is 11.9. The standard InChI is InChI=1S/C21H32O5.C3H9N.C2H6/c1-4-6-7-8-12-25-19-10-9-11-20(15-19)26-16-18(22)13-17(5-2)14-21(23)24-3;1-4(2)3;1-2/h9-11,15,17H,4-8,12-14,16H2,1-3H3;1-3H3;1-2H3. The summed E-state index contributed by atoms with van der Waals surface area (Å²) in [6.07, 6.45) is 5.97. The fourth-order valence-corrected chi connectivity index (χ4v) is 2.60. The van der Waals surface area contributed by atoms with Gasteiger partial charge in [-0.05, 0) is 45.6 Å². The van der Waals surface area contributed by atoms with Crippen molar-refractivity contribution in [2.45, 2.75) is 72.6 Å². The summed E-state index contributed by atoms with van der Waals surface area (Å²) in [5, 5.41) is 0. The number of Topliss-reactive ketones (excluding diaryl/α,β-unsaturated/α-hetero) is 1. The third-order valence-corrected chi connectivity index (χ3v) is 4.25. The van der Waals surface area contributed by atoms with Crippen LogP contribution < -0.4 is 9.47 Å². The van der Waals surface area contributed by atoms with Crippen molar-refractivity contribution in [2.24, 2.45) is 5.92 Å². The minimum absolute atomic E-state index is 0.00236. The number of carbonyl (C=O) groups excluding carboxylic acids is 2. The number of carbonyl (C=O) groups is 2. The molecule has 1 atom stereocenters. The van der Waals surface area contributed by atoms with Gasteiger partial charge in [-0.25, -0.2) is 0 Å². The van der Waals surface area contributed by atoms with E-state index >= 15 is 0 Å².